The Morgan fingerprint density at radius 2 is 2.05 bits per heavy atom. The quantitative estimate of drug-likeness (QED) is 0.704. The zero-order valence-corrected chi connectivity index (χ0v) is 12.0. The largest absolute Gasteiger partial charge is 0.360 e. The number of hydrazine groups is 1. The predicted molar refractivity (Wildman–Crippen MR) is 82.2 cm³/mol. The van der Waals surface area contributed by atoms with Gasteiger partial charge in [-0.1, -0.05) is 44.5 Å². The minimum atomic E-state index is -0.124. The molecule has 0 aliphatic rings. The van der Waals surface area contributed by atoms with Crippen LogP contribution in [0.5, 0.6) is 0 Å². The highest BCUT2D eigenvalue weighted by atomic mass is 16.2. The zero-order chi connectivity index (χ0) is 14.4. The molecule has 0 unspecified atom stereocenters. The molecule has 2 aromatic rings. The number of para-hydroxylation sites is 1. The number of allylic oxidation sites excluding steroid dienone is 2. The molecule has 3 N–H and O–H groups in total. The van der Waals surface area contributed by atoms with Crippen LogP contribution >= 0.6 is 0 Å². The van der Waals surface area contributed by atoms with Crippen LogP contribution in [-0.2, 0) is 0 Å². The highest BCUT2D eigenvalue weighted by molar-refractivity contribution is 6.06. The molecule has 0 spiro atoms. The van der Waals surface area contributed by atoms with E-state index in [1.54, 1.807) is 6.20 Å². The molecule has 0 saturated heterocycles. The Morgan fingerprint density at radius 3 is 2.80 bits per heavy atom. The van der Waals surface area contributed by atoms with Crippen molar-refractivity contribution in [3.63, 3.8) is 0 Å². The number of carbonyl (C=O) groups excluding carboxylic acids is 1. The molecule has 0 saturated carbocycles. The molecule has 0 atom stereocenters. The highest BCUT2D eigenvalue weighted by Crippen LogP contribution is 2.17. The smallest absolute Gasteiger partial charge is 0.271 e. The average Bonchev–Trinajstić information content (AvgIpc) is 2.89. The minimum Gasteiger partial charge on any atom is -0.360 e. The summed E-state index contributed by atoms with van der Waals surface area (Å²) in [5.74, 6) is -0.124. The Bertz CT molecular complexity index is 613. The molecule has 0 radical (unpaired) electrons. The number of H-pyrrole nitrogens is 1. The number of aromatic amines is 1. The first-order valence-electron chi connectivity index (χ1n) is 7.07. The summed E-state index contributed by atoms with van der Waals surface area (Å²) in [5.41, 5.74) is 8.47. The van der Waals surface area contributed by atoms with Gasteiger partial charge in [0.2, 0.25) is 0 Å². The highest BCUT2D eigenvalue weighted by Gasteiger charge is 2.11. The first-order chi connectivity index (χ1) is 9.76. The first kappa shape index (κ1) is 14.2. The Hall–Kier alpha value is -2.23. The van der Waals surface area contributed by atoms with Gasteiger partial charge in [0.05, 0.1) is 5.56 Å². The second-order valence-corrected chi connectivity index (χ2v) is 4.71. The summed E-state index contributed by atoms with van der Waals surface area (Å²) in [7, 11) is 0. The minimum absolute atomic E-state index is 0.124. The Morgan fingerprint density at radius 1 is 1.25 bits per heavy atom. The first-order valence-corrected chi connectivity index (χ1v) is 7.07. The summed E-state index contributed by atoms with van der Waals surface area (Å²) in [5, 5.41) is 0.934. The SMILES string of the molecule is CC/C=C(/CCC)NNC(=O)c1c[nH]c2ccccc12. The van der Waals surface area contributed by atoms with Crippen molar-refractivity contribution in [3.8, 4) is 0 Å². The van der Waals surface area contributed by atoms with E-state index in [0.717, 1.165) is 35.9 Å². The second-order valence-electron chi connectivity index (χ2n) is 4.71. The number of amides is 1. The Kier molecular flexibility index (Phi) is 4.82. The lowest BCUT2D eigenvalue weighted by molar-refractivity contribution is 0.0940. The number of hydrogen-bond acceptors (Lipinski definition) is 2. The van der Waals surface area contributed by atoms with Crippen LogP contribution in [0.2, 0.25) is 0 Å². The molecule has 20 heavy (non-hydrogen) atoms. The van der Waals surface area contributed by atoms with E-state index in [0.29, 0.717) is 5.56 Å². The van der Waals surface area contributed by atoms with Gasteiger partial charge in [0.25, 0.3) is 5.91 Å². The maximum Gasteiger partial charge on any atom is 0.271 e. The van der Waals surface area contributed by atoms with E-state index in [9.17, 15) is 4.79 Å². The summed E-state index contributed by atoms with van der Waals surface area (Å²) in [6.07, 6.45) is 6.76. The third-order valence-electron chi connectivity index (χ3n) is 3.14. The maximum absolute atomic E-state index is 12.2. The number of rotatable bonds is 6. The Balaban J connectivity index is 2.07. The van der Waals surface area contributed by atoms with Gasteiger partial charge in [0, 0.05) is 22.8 Å². The lowest BCUT2D eigenvalue weighted by Gasteiger charge is -2.11. The van der Waals surface area contributed by atoms with Crippen LogP contribution in [0.3, 0.4) is 0 Å². The van der Waals surface area contributed by atoms with Crippen LogP contribution in [0.25, 0.3) is 10.9 Å². The summed E-state index contributed by atoms with van der Waals surface area (Å²) >= 11 is 0. The number of carbonyl (C=O) groups is 1. The molecule has 1 aromatic carbocycles. The summed E-state index contributed by atoms with van der Waals surface area (Å²) in [6.45, 7) is 4.20. The zero-order valence-electron chi connectivity index (χ0n) is 12.0. The van der Waals surface area contributed by atoms with Gasteiger partial charge in [-0.05, 0) is 18.9 Å². The molecular weight excluding hydrogens is 250 g/mol. The molecular formula is C16H21N3O. The van der Waals surface area contributed by atoms with E-state index < -0.39 is 0 Å². The van der Waals surface area contributed by atoms with Crippen molar-refractivity contribution in [3.05, 3.63) is 47.8 Å². The fourth-order valence-electron chi connectivity index (χ4n) is 2.20. The predicted octanol–water partition coefficient (Wildman–Crippen LogP) is 3.50. The fourth-order valence-corrected chi connectivity index (χ4v) is 2.20. The van der Waals surface area contributed by atoms with E-state index >= 15 is 0 Å². The van der Waals surface area contributed by atoms with Gasteiger partial charge in [0.1, 0.15) is 0 Å². The molecule has 1 heterocycles. The van der Waals surface area contributed by atoms with Crippen molar-refractivity contribution in [2.75, 3.05) is 0 Å². The van der Waals surface area contributed by atoms with Crippen LogP contribution in [-0.4, -0.2) is 10.9 Å². The summed E-state index contributed by atoms with van der Waals surface area (Å²) in [4.78, 5) is 15.3. The van der Waals surface area contributed by atoms with Crippen molar-refractivity contribution in [1.82, 2.24) is 15.8 Å². The molecule has 2 rings (SSSR count). The Labute approximate surface area is 119 Å². The second kappa shape index (κ2) is 6.80. The van der Waals surface area contributed by atoms with Gasteiger partial charge < -0.3 is 10.4 Å². The molecule has 1 aromatic heterocycles. The van der Waals surface area contributed by atoms with Gasteiger partial charge in [-0.15, -0.1) is 0 Å². The lowest BCUT2D eigenvalue weighted by Crippen LogP contribution is -2.36. The summed E-state index contributed by atoms with van der Waals surface area (Å²) < 4.78 is 0. The lowest BCUT2D eigenvalue weighted by atomic mass is 10.2. The number of aromatic nitrogens is 1. The molecule has 0 aliphatic heterocycles. The molecule has 106 valence electrons. The number of nitrogens with one attached hydrogen (secondary N) is 3. The number of hydrogen-bond donors (Lipinski definition) is 3. The number of fused-ring (bicyclic) bond motifs is 1. The molecule has 4 heteroatoms. The summed E-state index contributed by atoms with van der Waals surface area (Å²) in [6, 6.07) is 7.77. The third-order valence-corrected chi connectivity index (χ3v) is 3.14. The molecule has 1 amide bonds. The van der Waals surface area contributed by atoms with Crippen molar-refractivity contribution in [1.29, 1.82) is 0 Å². The van der Waals surface area contributed by atoms with Crippen LogP contribution in [0.15, 0.2) is 42.2 Å². The van der Waals surface area contributed by atoms with Gasteiger partial charge in [-0.25, -0.2) is 0 Å². The van der Waals surface area contributed by atoms with Crippen molar-refractivity contribution in [2.24, 2.45) is 0 Å². The van der Waals surface area contributed by atoms with E-state index in [-0.39, 0.29) is 5.91 Å². The van der Waals surface area contributed by atoms with Crippen LogP contribution in [0.4, 0.5) is 0 Å². The van der Waals surface area contributed by atoms with E-state index in [2.05, 4.69) is 35.8 Å². The molecule has 0 bridgehead atoms. The molecule has 0 fully saturated rings. The van der Waals surface area contributed by atoms with Crippen LogP contribution in [0, 0.1) is 0 Å². The fraction of sp³-hybridized carbons (Fsp3) is 0.312. The van der Waals surface area contributed by atoms with Gasteiger partial charge in [0.15, 0.2) is 0 Å². The van der Waals surface area contributed by atoms with Crippen molar-refractivity contribution < 1.29 is 4.79 Å². The molecule has 4 nitrogen and oxygen atoms in total. The standard InChI is InChI=1S/C16H21N3O/c1-3-7-12(8-4-2)18-19-16(20)14-11-17-15-10-6-5-9-13(14)15/h5-7,9-11,17-18H,3-4,8H2,1-2H3,(H,19,20)/b12-7-. The van der Waals surface area contributed by atoms with E-state index in [1.165, 1.54) is 0 Å². The maximum atomic E-state index is 12.2. The van der Waals surface area contributed by atoms with E-state index in [4.69, 9.17) is 0 Å². The van der Waals surface area contributed by atoms with Gasteiger partial charge >= 0.3 is 0 Å². The third kappa shape index (κ3) is 3.20. The van der Waals surface area contributed by atoms with Crippen molar-refractivity contribution >= 4 is 16.8 Å². The van der Waals surface area contributed by atoms with Gasteiger partial charge in [-0.3, -0.25) is 10.2 Å². The number of benzene rings is 1. The average molecular weight is 271 g/mol. The topological polar surface area (TPSA) is 56.9 Å². The monoisotopic (exact) mass is 271 g/mol. The van der Waals surface area contributed by atoms with E-state index in [1.807, 2.05) is 24.3 Å². The van der Waals surface area contributed by atoms with Gasteiger partial charge in [-0.2, -0.15) is 0 Å². The molecule has 0 aliphatic carbocycles. The van der Waals surface area contributed by atoms with Crippen LogP contribution < -0.4 is 10.9 Å². The van der Waals surface area contributed by atoms with Crippen molar-refractivity contribution in [2.45, 2.75) is 33.1 Å². The normalized spacial score (nSPS) is 11.6. The van der Waals surface area contributed by atoms with Crippen LogP contribution in [0.1, 0.15) is 43.5 Å².